The first-order valence-corrected chi connectivity index (χ1v) is 9.04. The van der Waals surface area contributed by atoms with Crippen molar-refractivity contribution in [1.82, 2.24) is 10.3 Å². The van der Waals surface area contributed by atoms with Gasteiger partial charge in [0.15, 0.2) is 0 Å². The molecular formula is C22H22N4O2. The molecule has 1 aromatic heterocycles. The van der Waals surface area contributed by atoms with Crippen molar-refractivity contribution >= 4 is 17.6 Å². The summed E-state index contributed by atoms with van der Waals surface area (Å²) in [5, 5.41) is 6.00. The normalized spacial score (nSPS) is 11.0. The monoisotopic (exact) mass is 374 g/mol. The minimum absolute atomic E-state index is 0.253. The first kappa shape index (κ1) is 19.1. The predicted molar refractivity (Wildman–Crippen MR) is 111 cm³/mol. The molecule has 1 amide bonds. The van der Waals surface area contributed by atoms with E-state index in [1.165, 1.54) is 0 Å². The lowest BCUT2D eigenvalue weighted by molar-refractivity contribution is 0.0977. The lowest BCUT2D eigenvalue weighted by atomic mass is 10.2. The first-order chi connectivity index (χ1) is 13.7. The number of carbonyl (C=O) groups is 1. The van der Waals surface area contributed by atoms with Crippen LogP contribution in [0.5, 0.6) is 5.75 Å². The van der Waals surface area contributed by atoms with E-state index in [9.17, 15) is 4.79 Å². The van der Waals surface area contributed by atoms with Crippen LogP contribution in [-0.2, 0) is 6.54 Å². The van der Waals surface area contributed by atoms with Gasteiger partial charge in [-0.15, -0.1) is 0 Å². The number of para-hydroxylation sites is 1. The Morgan fingerprint density at radius 3 is 2.50 bits per heavy atom. The molecule has 0 bridgehead atoms. The number of aliphatic imine (C=N–C) groups is 1. The number of ether oxygens (including phenoxy) is 1. The van der Waals surface area contributed by atoms with Crippen LogP contribution in [-0.4, -0.2) is 23.5 Å². The molecule has 0 spiro atoms. The van der Waals surface area contributed by atoms with Crippen LogP contribution < -0.4 is 15.4 Å². The number of nitrogens with one attached hydrogen (secondary N) is 2. The molecule has 6 nitrogen and oxygen atoms in total. The molecular weight excluding hydrogens is 352 g/mol. The molecule has 0 saturated heterocycles. The molecule has 0 saturated carbocycles. The van der Waals surface area contributed by atoms with Crippen molar-refractivity contribution in [3.05, 3.63) is 90.3 Å². The Kier molecular flexibility index (Phi) is 6.73. The number of hydrogen-bond donors (Lipinski definition) is 2. The van der Waals surface area contributed by atoms with Crippen LogP contribution >= 0.6 is 0 Å². The third-order valence-electron chi connectivity index (χ3n) is 3.84. The van der Waals surface area contributed by atoms with E-state index in [4.69, 9.17) is 4.74 Å². The number of anilines is 1. The molecule has 0 radical (unpaired) electrons. The number of pyridine rings is 1. The molecule has 0 aliphatic rings. The quantitative estimate of drug-likeness (QED) is 0.507. The number of hydrogen-bond acceptors (Lipinski definition) is 4. The van der Waals surface area contributed by atoms with Crippen molar-refractivity contribution < 1.29 is 9.53 Å². The van der Waals surface area contributed by atoms with Crippen LogP contribution in [0, 0.1) is 0 Å². The molecule has 142 valence electrons. The molecule has 2 aromatic carbocycles. The molecule has 2 N–H and O–H groups in total. The summed E-state index contributed by atoms with van der Waals surface area (Å²) in [5.41, 5.74) is 2.30. The fraction of sp³-hybridized carbons (Fsp3) is 0.136. The van der Waals surface area contributed by atoms with Crippen molar-refractivity contribution in [2.75, 3.05) is 11.9 Å². The fourth-order valence-corrected chi connectivity index (χ4v) is 2.48. The third-order valence-corrected chi connectivity index (χ3v) is 3.84. The maximum Gasteiger partial charge on any atom is 0.257 e. The average Bonchev–Trinajstić information content (AvgIpc) is 2.74. The molecule has 6 heteroatoms. The second-order valence-electron chi connectivity index (χ2n) is 5.93. The van der Waals surface area contributed by atoms with Gasteiger partial charge in [-0.25, -0.2) is 4.99 Å². The van der Waals surface area contributed by atoms with E-state index in [1.54, 1.807) is 36.7 Å². The molecule has 0 fully saturated rings. The zero-order chi connectivity index (χ0) is 19.6. The third kappa shape index (κ3) is 5.67. The Morgan fingerprint density at radius 1 is 1.04 bits per heavy atom. The minimum Gasteiger partial charge on any atom is -0.494 e. The first-order valence-electron chi connectivity index (χ1n) is 9.04. The van der Waals surface area contributed by atoms with Gasteiger partial charge >= 0.3 is 0 Å². The van der Waals surface area contributed by atoms with Gasteiger partial charge in [-0.05, 0) is 55.0 Å². The molecule has 0 atom stereocenters. The Bertz CT molecular complexity index is 910. The van der Waals surface area contributed by atoms with Crippen molar-refractivity contribution in [2.24, 2.45) is 4.99 Å². The summed E-state index contributed by atoms with van der Waals surface area (Å²) in [6.45, 7) is 2.89. The molecule has 0 aliphatic carbocycles. The van der Waals surface area contributed by atoms with E-state index in [0.29, 0.717) is 24.7 Å². The molecule has 3 rings (SSSR count). The average molecular weight is 374 g/mol. The Labute approximate surface area is 164 Å². The van der Waals surface area contributed by atoms with Crippen LogP contribution in [0.2, 0.25) is 0 Å². The summed E-state index contributed by atoms with van der Waals surface area (Å²) >= 11 is 0. The largest absolute Gasteiger partial charge is 0.494 e. The van der Waals surface area contributed by atoms with Gasteiger partial charge in [0.05, 0.1) is 13.2 Å². The van der Waals surface area contributed by atoms with Gasteiger partial charge in [0.2, 0.25) is 5.96 Å². The standard InChI is InChI=1S/C22H22N4O2/c1-2-28-20-12-10-18(11-13-20)21(27)26-22(25-19-8-4-3-5-9-19)24-16-17-7-6-14-23-15-17/h3-15H,2,16H2,1H3,(H2,24,25,26,27). The SMILES string of the molecule is CCOc1ccc(C(=O)NC(=NCc2cccnc2)Nc2ccccc2)cc1. The van der Waals surface area contributed by atoms with Crippen LogP contribution in [0.4, 0.5) is 5.69 Å². The number of nitrogens with zero attached hydrogens (tertiary/aromatic N) is 2. The highest BCUT2D eigenvalue weighted by molar-refractivity contribution is 6.09. The Morgan fingerprint density at radius 2 is 1.82 bits per heavy atom. The van der Waals surface area contributed by atoms with E-state index < -0.39 is 0 Å². The van der Waals surface area contributed by atoms with E-state index >= 15 is 0 Å². The zero-order valence-electron chi connectivity index (χ0n) is 15.6. The molecule has 3 aromatic rings. The summed E-state index contributed by atoms with van der Waals surface area (Å²) in [4.78, 5) is 21.2. The van der Waals surface area contributed by atoms with Crippen LogP contribution in [0.25, 0.3) is 0 Å². The lowest BCUT2D eigenvalue weighted by Crippen LogP contribution is -2.36. The van der Waals surface area contributed by atoms with E-state index in [1.807, 2.05) is 49.4 Å². The molecule has 0 unspecified atom stereocenters. The van der Waals surface area contributed by atoms with Gasteiger partial charge < -0.3 is 10.1 Å². The Balaban J connectivity index is 1.74. The smallest absolute Gasteiger partial charge is 0.257 e. The second-order valence-corrected chi connectivity index (χ2v) is 5.93. The molecule has 0 aliphatic heterocycles. The van der Waals surface area contributed by atoms with Crippen molar-refractivity contribution in [3.63, 3.8) is 0 Å². The van der Waals surface area contributed by atoms with Crippen LogP contribution in [0.3, 0.4) is 0 Å². The second kappa shape index (κ2) is 9.87. The predicted octanol–water partition coefficient (Wildman–Crippen LogP) is 3.88. The Hall–Kier alpha value is -3.67. The summed E-state index contributed by atoms with van der Waals surface area (Å²) in [5.74, 6) is 0.845. The summed E-state index contributed by atoms with van der Waals surface area (Å²) in [7, 11) is 0. The summed E-state index contributed by atoms with van der Waals surface area (Å²) in [6, 6.07) is 20.3. The van der Waals surface area contributed by atoms with Gasteiger partial charge in [-0.1, -0.05) is 24.3 Å². The van der Waals surface area contributed by atoms with Gasteiger partial charge in [0.1, 0.15) is 5.75 Å². The van der Waals surface area contributed by atoms with Crippen LogP contribution in [0.1, 0.15) is 22.8 Å². The van der Waals surface area contributed by atoms with Crippen molar-refractivity contribution in [3.8, 4) is 5.75 Å². The maximum atomic E-state index is 12.6. The number of amides is 1. The molecule has 1 heterocycles. The number of aromatic nitrogens is 1. The van der Waals surface area contributed by atoms with E-state index in [-0.39, 0.29) is 5.91 Å². The van der Waals surface area contributed by atoms with Gasteiger partial charge in [0.25, 0.3) is 5.91 Å². The van der Waals surface area contributed by atoms with Gasteiger partial charge in [-0.2, -0.15) is 0 Å². The zero-order valence-corrected chi connectivity index (χ0v) is 15.6. The number of benzene rings is 2. The van der Waals surface area contributed by atoms with Crippen molar-refractivity contribution in [2.45, 2.75) is 13.5 Å². The van der Waals surface area contributed by atoms with E-state index in [2.05, 4.69) is 20.6 Å². The summed E-state index contributed by atoms with van der Waals surface area (Å²) in [6.07, 6.45) is 3.46. The fourth-order valence-electron chi connectivity index (χ4n) is 2.48. The van der Waals surface area contributed by atoms with Crippen molar-refractivity contribution in [1.29, 1.82) is 0 Å². The number of guanidine groups is 1. The molecule has 28 heavy (non-hydrogen) atoms. The van der Waals surface area contributed by atoms with Gasteiger partial charge in [0, 0.05) is 23.6 Å². The van der Waals surface area contributed by atoms with E-state index in [0.717, 1.165) is 17.0 Å². The minimum atomic E-state index is -0.253. The topological polar surface area (TPSA) is 75.6 Å². The van der Waals surface area contributed by atoms with Crippen LogP contribution in [0.15, 0.2) is 84.1 Å². The summed E-state index contributed by atoms with van der Waals surface area (Å²) < 4.78 is 5.41. The number of rotatable bonds is 6. The highest BCUT2D eigenvalue weighted by Gasteiger charge is 2.10. The van der Waals surface area contributed by atoms with Gasteiger partial charge in [-0.3, -0.25) is 15.1 Å². The maximum absolute atomic E-state index is 12.6. The highest BCUT2D eigenvalue weighted by Crippen LogP contribution is 2.12. The highest BCUT2D eigenvalue weighted by atomic mass is 16.5. The number of carbonyl (C=O) groups excluding carboxylic acids is 1. The lowest BCUT2D eigenvalue weighted by Gasteiger charge is -2.12.